The van der Waals surface area contributed by atoms with E-state index in [1.54, 1.807) is 43.3 Å². The number of esters is 1. The lowest BCUT2D eigenvalue weighted by molar-refractivity contribution is -0.147. The highest BCUT2D eigenvalue weighted by molar-refractivity contribution is 6.42. The summed E-state index contributed by atoms with van der Waals surface area (Å²) in [5, 5.41) is 0.811. The van der Waals surface area contributed by atoms with Crippen molar-refractivity contribution < 1.29 is 23.8 Å². The second-order valence-electron chi connectivity index (χ2n) is 7.16. The molecule has 0 bridgehead atoms. The van der Waals surface area contributed by atoms with Crippen LogP contribution in [0.5, 0.6) is 11.5 Å². The number of hydrogen-bond acceptors (Lipinski definition) is 5. The molecule has 1 heterocycles. The second-order valence-corrected chi connectivity index (χ2v) is 7.98. The van der Waals surface area contributed by atoms with Crippen molar-refractivity contribution in [2.24, 2.45) is 0 Å². The Balaban J connectivity index is 1.43. The molecule has 0 atom stereocenters. The maximum Gasteiger partial charge on any atom is 0.344 e. The van der Waals surface area contributed by atoms with Gasteiger partial charge in [-0.15, -0.1) is 0 Å². The Morgan fingerprint density at radius 1 is 1.03 bits per heavy atom. The summed E-state index contributed by atoms with van der Waals surface area (Å²) >= 11 is 12.0. The summed E-state index contributed by atoms with van der Waals surface area (Å²) in [6, 6.07) is 17.7. The molecule has 0 spiro atoms. The number of carbonyl (C=O) groups excluding carboxylic acids is 2. The van der Waals surface area contributed by atoms with Gasteiger partial charge in [0, 0.05) is 6.07 Å². The average Bonchev–Trinajstić information content (AvgIpc) is 3.09. The molecule has 162 valence electrons. The number of halogens is 2. The minimum atomic E-state index is -0.496. The summed E-state index contributed by atoms with van der Waals surface area (Å²) in [6.07, 6.45) is 1.60. The van der Waals surface area contributed by atoms with Crippen LogP contribution in [0.15, 0.2) is 66.4 Å². The van der Waals surface area contributed by atoms with E-state index < -0.39 is 5.97 Å². The first-order valence-electron chi connectivity index (χ1n) is 9.77. The van der Waals surface area contributed by atoms with Gasteiger partial charge in [-0.25, -0.2) is 4.79 Å². The molecule has 32 heavy (non-hydrogen) atoms. The molecule has 1 aliphatic rings. The number of allylic oxidation sites excluding steroid dienone is 1. The summed E-state index contributed by atoms with van der Waals surface area (Å²) < 4.78 is 16.5. The lowest BCUT2D eigenvalue weighted by Gasteiger charge is -2.09. The van der Waals surface area contributed by atoms with Gasteiger partial charge in [0.25, 0.3) is 0 Å². The van der Waals surface area contributed by atoms with Gasteiger partial charge in [-0.3, -0.25) is 4.79 Å². The smallest absolute Gasteiger partial charge is 0.344 e. The molecule has 5 nitrogen and oxygen atoms in total. The Morgan fingerprint density at radius 3 is 2.56 bits per heavy atom. The number of Topliss-reactive ketones (excluding diaryl/α,β-unsaturated/α-hetero) is 1. The fourth-order valence-electron chi connectivity index (χ4n) is 3.24. The lowest BCUT2D eigenvalue weighted by atomic mass is 10.0. The molecule has 0 amide bonds. The summed E-state index contributed by atoms with van der Waals surface area (Å²) in [6.45, 7) is 1.69. The van der Waals surface area contributed by atoms with Crippen LogP contribution in [0.1, 0.15) is 27.0 Å². The number of ether oxygens (including phenoxy) is 3. The van der Waals surface area contributed by atoms with Crippen LogP contribution in [0.25, 0.3) is 6.08 Å². The minimum absolute atomic E-state index is 0.168. The molecule has 3 aromatic carbocycles. The monoisotopic (exact) mass is 468 g/mol. The summed E-state index contributed by atoms with van der Waals surface area (Å²) in [5.74, 6) is 0.206. The number of carbonyl (C=O) groups is 2. The predicted molar refractivity (Wildman–Crippen MR) is 122 cm³/mol. The zero-order valence-electron chi connectivity index (χ0n) is 17.1. The van der Waals surface area contributed by atoms with E-state index in [9.17, 15) is 9.59 Å². The third-order valence-corrected chi connectivity index (χ3v) is 5.52. The van der Waals surface area contributed by atoms with Crippen molar-refractivity contribution in [3.05, 3.63) is 98.7 Å². The van der Waals surface area contributed by atoms with E-state index in [1.165, 1.54) is 0 Å². The first kappa shape index (κ1) is 21.9. The topological polar surface area (TPSA) is 61.8 Å². The Kier molecular flexibility index (Phi) is 6.49. The van der Waals surface area contributed by atoms with E-state index in [-0.39, 0.29) is 24.8 Å². The maximum atomic E-state index is 12.8. The SMILES string of the molecule is Cc1cc(OCC(=O)OCc2ccccc2)cc2c1C(=O)/C(=C/c1ccc(Cl)c(Cl)c1)O2. The first-order valence-corrected chi connectivity index (χ1v) is 10.5. The van der Waals surface area contributed by atoms with Crippen LogP contribution in [0, 0.1) is 6.92 Å². The molecule has 7 heteroatoms. The molecule has 0 aromatic heterocycles. The van der Waals surface area contributed by atoms with Gasteiger partial charge in [-0.05, 0) is 47.9 Å². The highest BCUT2D eigenvalue weighted by atomic mass is 35.5. The highest BCUT2D eigenvalue weighted by Crippen LogP contribution is 2.37. The normalized spacial score (nSPS) is 13.6. The van der Waals surface area contributed by atoms with Crippen molar-refractivity contribution in [2.45, 2.75) is 13.5 Å². The number of aryl methyl sites for hydroxylation is 1. The largest absolute Gasteiger partial charge is 0.482 e. The van der Waals surface area contributed by atoms with Gasteiger partial charge >= 0.3 is 5.97 Å². The fraction of sp³-hybridized carbons (Fsp3) is 0.120. The molecule has 0 N–H and O–H groups in total. The molecular formula is C25H18Cl2O5. The Labute approximate surface area is 195 Å². The third-order valence-electron chi connectivity index (χ3n) is 4.78. The fourth-order valence-corrected chi connectivity index (χ4v) is 3.54. The van der Waals surface area contributed by atoms with Gasteiger partial charge in [-0.1, -0.05) is 59.6 Å². The molecule has 3 aromatic rings. The van der Waals surface area contributed by atoms with Crippen LogP contribution < -0.4 is 9.47 Å². The van der Waals surface area contributed by atoms with Crippen molar-refractivity contribution in [2.75, 3.05) is 6.61 Å². The molecule has 1 aliphatic heterocycles. The first-order chi connectivity index (χ1) is 15.4. The van der Waals surface area contributed by atoms with Crippen LogP contribution in [-0.4, -0.2) is 18.4 Å². The Hall–Kier alpha value is -3.28. The van der Waals surface area contributed by atoms with E-state index >= 15 is 0 Å². The van der Waals surface area contributed by atoms with Crippen molar-refractivity contribution in [1.29, 1.82) is 0 Å². The third kappa shape index (κ3) is 4.96. The predicted octanol–water partition coefficient (Wildman–Crippen LogP) is 6.04. The Bertz CT molecular complexity index is 1220. The van der Waals surface area contributed by atoms with Gasteiger partial charge < -0.3 is 14.2 Å². The molecule has 0 unspecified atom stereocenters. The van der Waals surface area contributed by atoms with Crippen molar-refractivity contribution >= 4 is 41.0 Å². The molecular weight excluding hydrogens is 451 g/mol. The van der Waals surface area contributed by atoms with E-state index in [1.807, 2.05) is 30.3 Å². The molecule has 0 saturated heterocycles. The van der Waals surface area contributed by atoms with Crippen molar-refractivity contribution in [1.82, 2.24) is 0 Å². The van der Waals surface area contributed by atoms with Gasteiger partial charge in [-0.2, -0.15) is 0 Å². The summed E-state index contributed by atoms with van der Waals surface area (Å²) in [7, 11) is 0. The number of rotatable bonds is 6. The minimum Gasteiger partial charge on any atom is -0.482 e. The van der Waals surface area contributed by atoms with Gasteiger partial charge in [0.2, 0.25) is 5.78 Å². The van der Waals surface area contributed by atoms with Gasteiger partial charge in [0.05, 0.1) is 15.6 Å². The van der Waals surface area contributed by atoms with Crippen LogP contribution >= 0.6 is 23.2 Å². The lowest BCUT2D eigenvalue weighted by Crippen LogP contribution is -2.14. The van der Waals surface area contributed by atoms with E-state index in [2.05, 4.69) is 0 Å². The second kappa shape index (κ2) is 9.47. The van der Waals surface area contributed by atoms with Crippen LogP contribution in [0.2, 0.25) is 10.0 Å². The van der Waals surface area contributed by atoms with Crippen molar-refractivity contribution in [3.8, 4) is 11.5 Å². The zero-order chi connectivity index (χ0) is 22.7. The van der Waals surface area contributed by atoms with Crippen LogP contribution in [0.4, 0.5) is 0 Å². The zero-order valence-corrected chi connectivity index (χ0v) is 18.6. The van der Waals surface area contributed by atoms with Crippen LogP contribution in [0.3, 0.4) is 0 Å². The Morgan fingerprint density at radius 2 is 1.81 bits per heavy atom. The summed E-state index contributed by atoms with van der Waals surface area (Å²) in [4.78, 5) is 24.8. The maximum absolute atomic E-state index is 12.8. The average molecular weight is 469 g/mol. The van der Waals surface area contributed by atoms with Gasteiger partial charge in [0.15, 0.2) is 12.4 Å². The van der Waals surface area contributed by atoms with Crippen LogP contribution in [-0.2, 0) is 16.1 Å². The summed E-state index contributed by atoms with van der Waals surface area (Å²) in [5.41, 5.74) is 2.71. The molecule has 4 rings (SSSR count). The quantitative estimate of drug-likeness (QED) is 0.325. The molecule has 0 aliphatic carbocycles. The number of fused-ring (bicyclic) bond motifs is 1. The number of ketones is 1. The van der Waals surface area contributed by atoms with E-state index in [4.69, 9.17) is 37.4 Å². The molecule has 0 fully saturated rings. The standard InChI is InChI=1S/C25H18Cl2O5/c1-15-9-18(30-14-23(28)31-13-16-5-3-2-4-6-16)12-21-24(15)25(29)22(32-21)11-17-7-8-19(26)20(27)10-17/h2-12H,13-14H2,1H3/b22-11-. The van der Waals surface area contributed by atoms with E-state index in [0.717, 1.165) is 5.56 Å². The highest BCUT2D eigenvalue weighted by Gasteiger charge is 2.30. The molecule has 0 radical (unpaired) electrons. The number of hydrogen-bond donors (Lipinski definition) is 0. The van der Waals surface area contributed by atoms with Crippen molar-refractivity contribution in [3.63, 3.8) is 0 Å². The number of benzene rings is 3. The molecule has 0 saturated carbocycles. The van der Waals surface area contributed by atoms with Gasteiger partial charge in [0.1, 0.15) is 18.1 Å². The van der Waals surface area contributed by atoms with E-state index in [0.29, 0.717) is 38.2 Å².